The first-order valence-corrected chi connectivity index (χ1v) is 10.3. The number of ether oxygens (including phenoxy) is 1. The minimum absolute atomic E-state index is 0.206. The number of halogens is 3. The fraction of sp³-hybridized carbons (Fsp3) is 0.238. The highest BCUT2D eigenvalue weighted by Gasteiger charge is 2.30. The average molecular weight is 495 g/mol. The largest absolute Gasteiger partial charge is 0.508 e. The van der Waals surface area contributed by atoms with E-state index in [1.807, 2.05) is 24.3 Å². The third-order valence-corrected chi connectivity index (χ3v) is 6.15. The molecule has 1 saturated heterocycles. The number of rotatable bonds is 3. The third kappa shape index (κ3) is 3.76. The van der Waals surface area contributed by atoms with Crippen LogP contribution in [0.1, 0.15) is 17.2 Å². The molecule has 3 aromatic rings. The van der Waals surface area contributed by atoms with Crippen molar-refractivity contribution in [2.45, 2.75) is 6.04 Å². The molecule has 1 aliphatic rings. The summed E-state index contributed by atoms with van der Waals surface area (Å²) in [5, 5.41) is 12.8. The molecule has 1 unspecified atom stereocenters. The van der Waals surface area contributed by atoms with Crippen LogP contribution >= 0.6 is 31.9 Å². The molecule has 0 amide bonds. The average Bonchev–Trinajstić information content (AvgIpc) is 2.67. The Kier molecular flexibility index (Phi) is 5.50. The highest BCUT2D eigenvalue weighted by molar-refractivity contribution is 9.10. The van der Waals surface area contributed by atoms with E-state index in [1.54, 1.807) is 18.2 Å². The van der Waals surface area contributed by atoms with Crippen molar-refractivity contribution in [3.05, 3.63) is 74.4 Å². The SMILES string of the molecule is Oc1ccc2cc(Br)ccc2c1C(c1cc(F)ccc1Br)N1CCOCC1. The lowest BCUT2D eigenvalue weighted by molar-refractivity contribution is 0.0236. The number of aromatic hydroxyl groups is 1. The molecule has 3 nitrogen and oxygen atoms in total. The lowest BCUT2D eigenvalue weighted by Crippen LogP contribution is -2.39. The van der Waals surface area contributed by atoms with Crippen LogP contribution in [0.25, 0.3) is 10.8 Å². The fourth-order valence-electron chi connectivity index (χ4n) is 3.70. The van der Waals surface area contributed by atoms with Crippen molar-refractivity contribution in [3.8, 4) is 5.75 Å². The van der Waals surface area contributed by atoms with Crippen molar-refractivity contribution >= 4 is 42.6 Å². The van der Waals surface area contributed by atoms with Gasteiger partial charge in [0.15, 0.2) is 0 Å². The molecule has 4 rings (SSSR count). The van der Waals surface area contributed by atoms with E-state index in [0.717, 1.165) is 30.8 Å². The van der Waals surface area contributed by atoms with Gasteiger partial charge in [0.1, 0.15) is 11.6 Å². The molecule has 0 saturated carbocycles. The monoisotopic (exact) mass is 493 g/mol. The van der Waals surface area contributed by atoms with Gasteiger partial charge in [-0.1, -0.05) is 44.0 Å². The molecule has 1 fully saturated rings. The van der Waals surface area contributed by atoms with Crippen molar-refractivity contribution < 1.29 is 14.2 Å². The van der Waals surface area contributed by atoms with Crippen LogP contribution in [0.3, 0.4) is 0 Å². The Labute approximate surface area is 174 Å². The second kappa shape index (κ2) is 7.87. The zero-order valence-electron chi connectivity index (χ0n) is 14.5. The predicted octanol–water partition coefficient (Wildman–Crippen LogP) is 5.63. The van der Waals surface area contributed by atoms with Crippen molar-refractivity contribution in [2.24, 2.45) is 0 Å². The number of fused-ring (bicyclic) bond motifs is 1. The zero-order valence-corrected chi connectivity index (χ0v) is 17.6. The first-order valence-electron chi connectivity index (χ1n) is 8.72. The maximum Gasteiger partial charge on any atom is 0.123 e. The summed E-state index contributed by atoms with van der Waals surface area (Å²) in [6.07, 6.45) is 0. The summed E-state index contributed by atoms with van der Waals surface area (Å²) < 4.78 is 21.4. The zero-order chi connectivity index (χ0) is 19.0. The van der Waals surface area contributed by atoms with Gasteiger partial charge in [0.05, 0.1) is 19.3 Å². The lowest BCUT2D eigenvalue weighted by atomic mass is 9.91. The van der Waals surface area contributed by atoms with Crippen LogP contribution in [0.15, 0.2) is 57.5 Å². The summed E-state index contributed by atoms with van der Waals surface area (Å²) in [5.41, 5.74) is 1.58. The Morgan fingerprint density at radius 3 is 2.56 bits per heavy atom. The highest BCUT2D eigenvalue weighted by atomic mass is 79.9. The summed E-state index contributed by atoms with van der Waals surface area (Å²) in [6.45, 7) is 2.64. The Morgan fingerprint density at radius 2 is 1.78 bits per heavy atom. The molecule has 27 heavy (non-hydrogen) atoms. The predicted molar refractivity (Wildman–Crippen MR) is 112 cm³/mol. The summed E-state index contributed by atoms with van der Waals surface area (Å²) >= 11 is 7.09. The second-order valence-corrected chi connectivity index (χ2v) is 8.35. The Hall–Kier alpha value is -1.47. The lowest BCUT2D eigenvalue weighted by Gasteiger charge is -2.36. The molecular weight excluding hydrogens is 477 g/mol. The van der Waals surface area contributed by atoms with E-state index < -0.39 is 0 Å². The van der Waals surface area contributed by atoms with E-state index in [0.29, 0.717) is 26.3 Å². The molecule has 0 aromatic heterocycles. The maximum absolute atomic E-state index is 14.1. The molecule has 1 N–H and O–H groups in total. The number of phenols is 1. The van der Waals surface area contributed by atoms with E-state index in [9.17, 15) is 9.50 Å². The Morgan fingerprint density at radius 1 is 1.00 bits per heavy atom. The van der Waals surface area contributed by atoms with Gasteiger partial charge in [-0.15, -0.1) is 0 Å². The number of benzene rings is 3. The van der Waals surface area contributed by atoms with Crippen molar-refractivity contribution in [2.75, 3.05) is 26.3 Å². The first kappa shape index (κ1) is 18.9. The normalized spacial score (nSPS) is 16.6. The fourth-order valence-corrected chi connectivity index (χ4v) is 4.54. The Bertz CT molecular complexity index is 989. The van der Waals surface area contributed by atoms with Crippen LogP contribution in [0, 0.1) is 5.82 Å². The van der Waals surface area contributed by atoms with Crippen LogP contribution < -0.4 is 0 Å². The van der Waals surface area contributed by atoms with E-state index in [4.69, 9.17) is 4.74 Å². The van der Waals surface area contributed by atoms with Gasteiger partial charge in [0.2, 0.25) is 0 Å². The molecule has 1 heterocycles. The number of nitrogens with zero attached hydrogens (tertiary/aromatic N) is 1. The van der Waals surface area contributed by atoms with Gasteiger partial charge in [-0.2, -0.15) is 0 Å². The second-order valence-electron chi connectivity index (χ2n) is 6.58. The molecule has 3 aromatic carbocycles. The molecule has 0 spiro atoms. The van der Waals surface area contributed by atoms with Crippen LogP contribution in [0.2, 0.25) is 0 Å². The molecule has 140 valence electrons. The molecule has 6 heteroatoms. The molecule has 0 bridgehead atoms. The number of phenolic OH excluding ortho intramolecular Hbond substituents is 1. The smallest absolute Gasteiger partial charge is 0.123 e. The summed E-state index contributed by atoms with van der Waals surface area (Å²) in [7, 11) is 0. The van der Waals surface area contributed by atoms with E-state index >= 15 is 0 Å². The molecule has 0 aliphatic carbocycles. The van der Waals surface area contributed by atoms with Crippen molar-refractivity contribution in [3.63, 3.8) is 0 Å². The van der Waals surface area contributed by atoms with Crippen LogP contribution in [0.5, 0.6) is 5.75 Å². The van der Waals surface area contributed by atoms with Crippen LogP contribution in [-0.4, -0.2) is 36.3 Å². The number of hydrogen-bond donors (Lipinski definition) is 1. The molecular formula is C21H18Br2FNO2. The standard InChI is InChI=1S/C21H18Br2FNO2/c22-14-2-4-16-13(11-14)1-6-19(26)20(16)21(25-7-9-27-10-8-25)17-12-15(24)3-5-18(17)23/h1-6,11-12,21,26H,7-10H2. The molecule has 1 atom stereocenters. The van der Waals surface area contributed by atoms with Gasteiger partial charge >= 0.3 is 0 Å². The molecule has 0 radical (unpaired) electrons. The van der Waals surface area contributed by atoms with Gasteiger partial charge < -0.3 is 9.84 Å². The maximum atomic E-state index is 14.1. The van der Waals surface area contributed by atoms with Gasteiger partial charge in [-0.25, -0.2) is 4.39 Å². The van der Waals surface area contributed by atoms with Gasteiger partial charge in [0, 0.05) is 27.6 Å². The number of morpholine rings is 1. The minimum Gasteiger partial charge on any atom is -0.508 e. The highest BCUT2D eigenvalue weighted by Crippen LogP contribution is 2.42. The topological polar surface area (TPSA) is 32.7 Å². The summed E-state index contributed by atoms with van der Waals surface area (Å²) in [6, 6.07) is 14.0. The van der Waals surface area contributed by atoms with Gasteiger partial charge in [-0.3, -0.25) is 4.90 Å². The van der Waals surface area contributed by atoms with Crippen LogP contribution in [0.4, 0.5) is 4.39 Å². The van der Waals surface area contributed by atoms with Crippen molar-refractivity contribution in [1.29, 1.82) is 0 Å². The quantitative estimate of drug-likeness (QED) is 0.512. The number of hydrogen-bond acceptors (Lipinski definition) is 3. The van der Waals surface area contributed by atoms with E-state index in [1.165, 1.54) is 6.07 Å². The van der Waals surface area contributed by atoms with Gasteiger partial charge in [0.25, 0.3) is 0 Å². The molecule has 1 aliphatic heterocycles. The van der Waals surface area contributed by atoms with Crippen LogP contribution in [-0.2, 0) is 4.74 Å². The van der Waals surface area contributed by atoms with E-state index in [-0.39, 0.29) is 17.6 Å². The minimum atomic E-state index is -0.297. The van der Waals surface area contributed by atoms with Crippen molar-refractivity contribution in [1.82, 2.24) is 4.90 Å². The summed E-state index contributed by atoms with van der Waals surface area (Å²) in [4.78, 5) is 2.24. The Balaban J connectivity index is 1.97. The third-order valence-electron chi connectivity index (χ3n) is 4.94. The van der Waals surface area contributed by atoms with Gasteiger partial charge in [-0.05, 0) is 52.7 Å². The summed E-state index contributed by atoms with van der Waals surface area (Å²) in [5.74, 6) is -0.0913. The first-order chi connectivity index (χ1) is 13.0. The van der Waals surface area contributed by atoms with E-state index in [2.05, 4.69) is 36.8 Å².